The minimum absolute atomic E-state index is 0.150. The molecule has 1 aromatic heterocycles. The smallest absolute Gasteiger partial charge is 0.277 e. The second kappa shape index (κ2) is 9.22. The van der Waals surface area contributed by atoms with Crippen molar-refractivity contribution < 1.29 is 9.21 Å². The summed E-state index contributed by atoms with van der Waals surface area (Å²) in [4.78, 5) is 14.9. The number of benzene rings is 3. The first-order valence-electron chi connectivity index (χ1n) is 10.5. The fourth-order valence-electron chi connectivity index (χ4n) is 3.86. The first-order valence-corrected chi connectivity index (χ1v) is 11.8. The molecule has 162 valence electrons. The summed E-state index contributed by atoms with van der Waals surface area (Å²) >= 11 is 7.38. The van der Waals surface area contributed by atoms with Gasteiger partial charge in [0.25, 0.3) is 5.22 Å². The van der Waals surface area contributed by atoms with E-state index in [4.69, 9.17) is 16.0 Å². The van der Waals surface area contributed by atoms with E-state index in [-0.39, 0.29) is 11.7 Å². The maximum absolute atomic E-state index is 12.6. The molecule has 0 radical (unpaired) electrons. The number of hydrogen-bond acceptors (Lipinski definition) is 6. The number of rotatable bonds is 6. The summed E-state index contributed by atoms with van der Waals surface area (Å²) in [6.45, 7) is 1.97. The Balaban J connectivity index is 1.24. The van der Waals surface area contributed by atoms with Gasteiger partial charge in [-0.25, -0.2) is 0 Å². The number of carbonyl (C=O) groups excluding carboxylic acids is 1. The number of amides is 1. The molecule has 1 fully saturated rings. The van der Waals surface area contributed by atoms with Gasteiger partial charge in [-0.1, -0.05) is 53.7 Å². The predicted molar refractivity (Wildman–Crippen MR) is 129 cm³/mol. The topological polar surface area (TPSA) is 71.3 Å². The van der Waals surface area contributed by atoms with E-state index in [1.165, 1.54) is 11.8 Å². The Morgan fingerprint density at radius 3 is 2.69 bits per heavy atom. The van der Waals surface area contributed by atoms with Crippen molar-refractivity contribution in [1.82, 2.24) is 10.2 Å². The molecule has 0 aliphatic carbocycles. The number of carbonyl (C=O) groups is 1. The van der Waals surface area contributed by atoms with Crippen LogP contribution in [0.2, 0.25) is 5.02 Å². The third kappa shape index (κ3) is 4.59. The largest absolute Gasteiger partial charge is 0.411 e. The first kappa shape index (κ1) is 20.8. The van der Waals surface area contributed by atoms with E-state index in [1.54, 1.807) is 6.07 Å². The van der Waals surface area contributed by atoms with Crippen molar-refractivity contribution in [3.8, 4) is 11.5 Å². The third-order valence-electron chi connectivity index (χ3n) is 5.41. The first-order chi connectivity index (χ1) is 15.7. The number of halogens is 1. The summed E-state index contributed by atoms with van der Waals surface area (Å²) in [5.74, 6) is 0.443. The maximum atomic E-state index is 12.6. The van der Waals surface area contributed by atoms with Gasteiger partial charge in [0.05, 0.1) is 17.1 Å². The highest BCUT2D eigenvalue weighted by Gasteiger charge is 2.18. The van der Waals surface area contributed by atoms with Gasteiger partial charge in [-0.15, -0.1) is 10.2 Å². The fourth-order valence-corrected chi connectivity index (χ4v) is 4.60. The van der Waals surface area contributed by atoms with Gasteiger partial charge in [-0.2, -0.15) is 0 Å². The van der Waals surface area contributed by atoms with Crippen LogP contribution in [0.15, 0.2) is 70.3 Å². The summed E-state index contributed by atoms with van der Waals surface area (Å²) in [5, 5.41) is 14.4. The molecule has 0 atom stereocenters. The Kier molecular flexibility index (Phi) is 6.01. The van der Waals surface area contributed by atoms with Crippen LogP contribution in [0.3, 0.4) is 0 Å². The molecule has 3 aromatic carbocycles. The summed E-state index contributed by atoms with van der Waals surface area (Å²) in [6.07, 6.45) is 2.31. The Labute approximate surface area is 195 Å². The molecule has 4 aromatic rings. The van der Waals surface area contributed by atoms with Crippen LogP contribution in [-0.2, 0) is 4.79 Å². The number of nitrogens with zero attached hydrogens (tertiary/aromatic N) is 3. The molecule has 6 nitrogen and oxygen atoms in total. The van der Waals surface area contributed by atoms with E-state index < -0.39 is 0 Å². The van der Waals surface area contributed by atoms with Crippen LogP contribution in [0.5, 0.6) is 0 Å². The minimum atomic E-state index is -0.150. The second-order valence-electron chi connectivity index (χ2n) is 7.63. The molecule has 0 saturated carbocycles. The van der Waals surface area contributed by atoms with Gasteiger partial charge in [0.1, 0.15) is 0 Å². The van der Waals surface area contributed by atoms with Gasteiger partial charge in [-0.05, 0) is 53.9 Å². The molecule has 0 bridgehead atoms. The summed E-state index contributed by atoms with van der Waals surface area (Å²) < 4.78 is 5.77. The SMILES string of the molecule is O=C(CSc1nnc(-c2ccc3ccccc3c2)o1)Nc1cc(Cl)ccc1N1CCCC1. The summed E-state index contributed by atoms with van der Waals surface area (Å²) in [7, 11) is 0. The third-order valence-corrected chi connectivity index (χ3v) is 6.46. The van der Waals surface area contributed by atoms with Crippen LogP contribution < -0.4 is 10.2 Å². The molecule has 1 aliphatic heterocycles. The number of nitrogens with one attached hydrogen (secondary N) is 1. The van der Waals surface area contributed by atoms with Crippen LogP contribution >= 0.6 is 23.4 Å². The summed E-state index contributed by atoms with van der Waals surface area (Å²) in [6, 6.07) is 19.7. The van der Waals surface area contributed by atoms with Crippen molar-refractivity contribution >= 4 is 51.4 Å². The van der Waals surface area contributed by atoms with Crippen LogP contribution in [0.25, 0.3) is 22.2 Å². The molecule has 8 heteroatoms. The average Bonchev–Trinajstić information content (AvgIpc) is 3.50. The minimum Gasteiger partial charge on any atom is -0.411 e. The molecule has 5 rings (SSSR count). The molecule has 1 aliphatic rings. The highest BCUT2D eigenvalue weighted by atomic mass is 35.5. The van der Waals surface area contributed by atoms with Crippen molar-refractivity contribution in [1.29, 1.82) is 0 Å². The standard InChI is InChI=1S/C24H21ClN4O2S/c25-19-9-10-21(29-11-3-4-12-29)20(14-19)26-22(30)15-32-24-28-27-23(31-24)18-8-7-16-5-1-2-6-17(16)13-18/h1-2,5-10,13-14H,3-4,11-12,15H2,(H,26,30). The van der Waals surface area contributed by atoms with Crippen LogP contribution in [0.4, 0.5) is 11.4 Å². The van der Waals surface area contributed by atoms with Gasteiger partial charge < -0.3 is 14.6 Å². The van der Waals surface area contributed by atoms with E-state index in [0.29, 0.717) is 16.1 Å². The number of hydrogen-bond donors (Lipinski definition) is 1. The Hall–Kier alpha value is -3.03. The number of aromatic nitrogens is 2. The fraction of sp³-hybridized carbons (Fsp3) is 0.208. The van der Waals surface area contributed by atoms with Crippen molar-refractivity contribution in [2.24, 2.45) is 0 Å². The van der Waals surface area contributed by atoms with Gasteiger partial charge in [0.15, 0.2) is 0 Å². The molecule has 1 saturated heterocycles. The molecular formula is C24H21ClN4O2S. The van der Waals surface area contributed by atoms with Gasteiger partial charge >= 0.3 is 0 Å². The van der Waals surface area contributed by atoms with E-state index in [0.717, 1.165) is 53.6 Å². The Morgan fingerprint density at radius 1 is 1.03 bits per heavy atom. The van der Waals surface area contributed by atoms with E-state index in [9.17, 15) is 4.79 Å². The monoisotopic (exact) mass is 464 g/mol. The quantitative estimate of drug-likeness (QED) is 0.359. The average molecular weight is 465 g/mol. The molecule has 32 heavy (non-hydrogen) atoms. The van der Waals surface area contributed by atoms with Gasteiger partial charge in [0.2, 0.25) is 11.8 Å². The van der Waals surface area contributed by atoms with Crippen LogP contribution in [0, 0.1) is 0 Å². The molecule has 1 amide bonds. The highest BCUT2D eigenvalue weighted by Crippen LogP contribution is 2.32. The van der Waals surface area contributed by atoms with E-state index >= 15 is 0 Å². The van der Waals surface area contributed by atoms with Gasteiger partial charge in [-0.3, -0.25) is 4.79 Å². The number of thioether (sulfide) groups is 1. The zero-order chi connectivity index (χ0) is 21.9. The van der Waals surface area contributed by atoms with Crippen LogP contribution in [-0.4, -0.2) is 34.9 Å². The maximum Gasteiger partial charge on any atom is 0.277 e. The highest BCUT2D eigenvalue weighted by molar-refractivity contribution is 7.99. The lowest BCUT2D eigenvalue weighted by atomic mass is 10.1. The lowest BCUT2D eigenvalue weighted by Gasteiger charge is -2.21. The van der Waals surface area contributed by atoms with E-state index in [2.05, 4.69) is 26.5 Å². The molecule has 1 N–H and O–H groups in total. The van der Waals surface area contributed by atoms with Crippen molar-refractivity contribution in [3.05, 3.63) is 65.7 Å². The lowest BCUT2D eigenvalue weighted by molar-refractivity contribution is -0.113. The Morgan fingerprint density at radius 2 is 1.84 bits per heavy atom. The van der Waals surface area contributed by atoms with Gasteiger partial charge in [0, 0.05) is 23.7 Å². The molecular weight excluding hydrogens is 444 g/mol. The number of anilines is 2. The second-order valence-corrected chi connectivity index (χ2v) is 8.99. The normalized spacial score (nSPS) is 13.6. The van der Waals surface area contributed by atoms with Crippen molar-refractivity contribution in [3.63, 3.8) is 0 Å². The zero-order valence-corrected chi connectivity index (χ0v) is 18.8. The van der Waals surface area contributed by atoms with Crippen molar-refractivity contribution in [2.75, 3.05) is 29.1 Å². The number of fused-ring (bicyclic) bond motifs is 1. The summed E-state index contributed by atoms with van der Waals surface area (Å²) in [5.41, 5.74) is 2.58. The Bertz CT molecular complexity index is 1270. The molecule has 2 heterocycles. The van der Waals surface area contributed by atoms with Crippen LogP contribution in [0.1, 0.15) is 12.8 Å². The molecule has 0 unspecified atom stereocenters. The zero-order valence-electron chi connectivity index (χ0n) is 17.3. The predicted octanol–water partition coefficient (Wildman–Crippen LogP) is 5.87. The lowest BCUT2D eigenvalue weighted by Crippen LogP contribution is -2.21. The van der Waals surface area contributed by atoms with Crippen molar-refractivity contribution in [2.45, 2.75) is 18.1 Å². The molecule has 0 spiro atoms. The van der Waals surface area contributed by atoms with E-state index in [1.807, 2.05) is 48.5 Å².